The van der Waals surface area contributed by atoms with Gasteiger partial charge in [0.05, 0.1) is 17.9 Å². The van der Waals surface area contributed by atoms with Gasteiger partial charge in [0.25, 0.3) is 0 Å². The SMILES string of the molecule is CCCc1ccc(C(NN)c2cnccn2)cc1. The fourth-order valence-corrected chi connectivity index (χ4v) is 1.98. The summed E-state index contributed by atoms with van der Waals surface area (Å²) in [5.74, 6) is 5.62. The molecule has 0 aliphatic carbocycles. The number of benzene rings is 1. The quantitative estimate of drug-likeness (QED) is 0.621. The van der Waals surface area contributed by atoms with Crippen molar-refractivity contribution in [3.8, 4) is 0 Å². The van der Waals surface area contributed by atoms with Crippen LogP contribution < -0.4 is 11.3 Å². The molecule has 0 aliphatic heterocycles. The first-order chi connectivity index (χ1) is 8.85. The fraction of sp³-hybridized carbons (Fsp3) is 0.286. The molecule has 1 aromatic heterocycles. The van der Waals surface area contributed by atoms with Crippen molar-refractivity contribution in [3.05, 3.63) is 59.7 Å². The predicted molar refractivity (Wildman–Crippen MR) is 71.6 cm³/mol. The van der Waals surface area contributed by atoms with Gasteiger partial charge < -0.3 is 0 Å². The maximum absolute atomic E-state index is 5.62. The van der Waals surface area contributed by atoms with Gasteiger partial charge in [-0.3, -0.25) is 15.8 Å². The zero-order chi connectivity index (χ0) is 12.8. The zero-order valence-electron chi connectivity index (χ0n) is 10.5. The van der Waals surface area contributed by atoms with Crippen molar-refractivity contribution in [2.45, 2.75) is 25.8 Å². The maximum atomic E-state index is 5.62. The van der Waals surface area contributed by atoms with Crippen LogP contribution in [0.4, 0.5) is 0 Å². The molecule has 0 aliphatic rings. The average molecular weight is 242 g/mol. The molecular formula is C14H18N4. The maximum Gasteiger partial charge on any atom is 0.0897 e. The molecule has 0 spiro atoms. The minimum absolute atomic E-state index is 0.116. The number of nitrogens with two attached hydrogens (primary N) is 1. The summed E-state index contributed by atoms with van der Waals surface area (Å²) in [6, 6.07) is 8.34. The molecule has 0 saturated carbocycles. The Bertz CT molecular complexity index is 467. The molecule has 0 amide bonds. The van der Waals surface area contributed by atoms with Crippen LogP contribution in [0.2, 0.25) is 0 Å². The van der Waals surface area contributed by atoms with Crippen molar-refractivity contribution >= 4 is 0 Å². The highest BCUT2D eigenvalue weighted by Crippen LogP contribution is 2.19. The monoisotopic (exact) mass is 242 g/mol. The highest BCUT2D eigenvalue weighted by molar-refractivity contribution is 5.29. The smallest absolute Gasteiger partial charge is 0.0897 e. The summed E-state index contributed by atoms with van der Waals surface area (Å²) < 4.78 is 0. The van der Waals surface area contributed by atoms with Gasteiger partial charge >= 0.3 is 0 Å². The van der Waals surface area contributed by atoms with E-state index < -0.39 is 0 Å². The highest BCUT2D eigenvalue weighted by Gasteiger charge is 2.13. The molecule has 1 unspecified atom stereocenters. The third kappa shape index (κ3) is 2.91. The van der Waals surface area contributed by atoms with Crippen LogP contribution in [-0.2, 0) is 6.42 Å². The van der Waals surface area contributed by atoms with Gasteiger partial charge in [-0.05, 0) is 17.5 Å². The van der Waals surface area contributed by atoms with Crippen LogP contribution in [0, 0.1) is 0 Å². The van der Waals surface area contributed by atoms with E-state index in [9.17, 15) is 0 Å². The lowest BCUT2D eigenvalue weighted by molar-refractivity contribution is 0.617. The van der Waals surface area contributed by atoms with E-state index in [2.05, 4.69) is 46.6 Å². The Morgan fingerprint density at radius 2 is 2.00 bits per heavy atom. The lowest BCUT2D eigenvalue weighted by Gasteiger charge is -2.15. The molecule has 4 heteroatoms. The van der Waals surface area contributed by atoms with E-state index in [4.69, 9.17) is 5.84 Å². The second-order valence-corrected chi connectivity index (χ2v) is 4.22. The van der Waals surface area contributed by atoms with Crippen molar-refractivity contribution in [2.24, 2.45) is 5.84 Å². The van der Waals surface area contributed by atoms with Crippen LogP contribution in [-0.4, -0.2) is 9.97 Å². The standard InChI is InChI=1S/C14H18N4/c1-2-3-11-4-6-12(7-5-11)14(18-15)13-10-16-8-9-17-13/h4-10,14,18H,2-3,15H2,1H3. The van der Waals surface area contributed by atoms with Gasteiger partial charge in [-0.25, -0.2) is 5.43 Å². The van der Waals surface area contributed by atoms with Crippen molar-refractivity contribution in [1.82, 2.24) is 15.4 Å². The first-order valence-electron chi connectivity index (χ1n) is 6.16. The third-order valence-electron chi connectivity index (χ3n) is 2.90. The van der Waals surface area contributed by atoms with Gasteiger partial charge in [0.2, 0.25) is 0 Å². The molecule has 2 aromatic rings. The molecule has 4 nitrogen and oxygen atoms in total. The second kappa shape index (κ2) is 6.23. The van der Waals surface area contributed by atoms with Gasteiger partial charge in [0.1, 0.15) is 0 Å². The van der Waals surface area contributed by atoms with E-state index in [0.717, 1.165) is 24.1 Å². The third-order valence-corrected chi connectivity index (χ3v) is 2.90. The van der Waals surface area contributed by atoms with Crippen molar-refractivity contribution in [1.29, 1.82) is 0 Å². The first-order valence-corrected chi connectivity index (χ1v) is 6.16. The molecule has 0 saturated heterocycles. The molecule has 18 heavy (non-hydrogen) atoms. The van der Waals surface area contributed by atoms with Gasteiger partial charge in [-0.1, -0.05) is 37.6 Å². The molecule has 0 radical (unpaired) electrons. The van der Waals surface area contributed by atoms with Crippen LogP contribution in [0.15, 0.2) is 42.9 Å². The normalized spacial score (nSPS) is 12.3. The number of aryl methyl sites for hydroxylation is 1. The number of nitrogens with one attached hydrogen (secondary N) is 1. The number of hydrazine groups is 1. The Morgan fingerprint density at radius 1 is 1.22 bits per heavy atom. The minimum Gasteiger partial charge on any atom is -0.271 e. The average Bonchev–Trinajstić information content (AvgIpc) is 2.43. The predicted octanol–water partition coefficient (Wildman–Crippen LogP) is 1.98. The largest absolute Gasteiger partial charge is 0.271 e. The van der Waals surface area contributed by atoms with E-state index in [-0.39, 0.29) is 6.04 Å². The molecule has 1 aromatic carbocycles. The summed E-state index contributed by atoms with van der Waals surface area (Å²) >= 11 is 0. The lowest BCUT2D eigenvalue weighted by Crippen LogP contribution is -2.29. The number of hydrogen-bond acceptors (Lipinski definition) is 4. The summed E-state index contributed by atoms with van der Waals surface area (Å²) in [5.41, 5.74) is 6.04. The van der Waals surface area contributed by atoms with E-state index in [1.807, 2.05) is 0 Å². The van der Waals surface area contributed by atoms with Crippen molar-refractivity contribution in [3.63, 3.8) is 0 Å². The molecule has 0 bridgehead atoms. The van der Waals surface area contributed by atoms with E-state index in [1.54, 1.807) is 18.6 Å². The summed E-state index contributed by atoms with van der Waals surface area (Å²) in [4.78, 5) is 8.35. The van der Waals surface area contributed by atoms with Crippen LogP contribution in [0.1, 0.15) is 36.2 Å². The Balaban J connectivity index is 2.23. The Kier molecular flexibility index (Phi) is 4.39. The first kappa shape index (κ1) is 12.7. The molecule has 0 fully saturated rings. The second-order valence-electron chi connectivity index (χ2n) is 4.22. The Morgan fingerprint density at radius 3 is 2.56 bits per heavy atom. The number of hydrogen-bond donors (Lipinski definition) is 2. The summed E-state index contributed by atoms with van der Waals surface area (Å²) in [7, 11) is 0. The highest BCUT2D eigenvalue weighted by atomic mass is 15.2. The molecule has 94 valence electrons. The van der Waals surface area contributed by atoms with E-state index in [0.29, 0.717) is 0 Å². The zero-order valence-corrected chi connectivity index (χ0v) is 10.5. The van der Waals surface area contributed by atoms with Crippen LogP contribution in [0.5, 0.6) is 0 Å². The van der Waals surface area contributed by atoms with Crippen molar-refractivity contribution in [2.75, 3.05) is 0 Å². The van der Waals surface area contributed by atoms with Crippen LogP contribution >= 0.6 is 0 Å². The van der Waals surface area contributed by atoms with Crippen LogP contribution in [0.25, 0.3) is 0 Å². The Hall–Kier alpha value is -1.78. The number of rotatable bonds is 5. The topological polar surface area (TPSA) is 63.8 Å². The van der Waals surface area contributed by atoms with Gasteiger partial charge in [-0.15, -0.1) is 0 Å². The number of aromatic nitrogens is 2. The van der Waals surface area contributed by atoms with Gasteiger partial charge in [0, 0.05) is 12.4 Å². The molecule has 1 atom stereocenters. The van der Waals surface area contributed by atoms with Crippen LogP contribution in [0.3, 0.4) is 0 Å². The lowest BCUT2D eigenvalue weighted by atomic mass is 10.0. The Labute approximate surface area is 107 Å². The summed E-state index contributed by atoms with van der Waals surface area (Å²) in [6.45, 7) is 2.18. The van der Waals surface area contributed by atoms with Gasteiger partial charge in [-0.2, -0.15) is 0 Å². The number of nitrogens with zero attached hydrogens (tertiary/aromatic N) is 2. The fourth-order valence-electron chi connectivity index (χ4n) is 1.98. The molecule has 3 N–H and O–H groups in total. The molecular weight excluding hydrogens is 224 g/mol. The minimum atomic E-state index is -0.116. The molecule has 1 heterocycles. The summed E-state index contributed by atoms with van der Waals surface area (Å²) in [6.07, 6.45) is 7.31. The van der Waals surface area contributed by atoms with Gasteiger partial charge in [0.15, 0.2) is 0 Å². The molecule has 2 rings (SSSR count). The summed E-state index contributed by atoms with van der Waals surface area (Å²) in [5, 5.41) is 0. The van der Waals surface area contributed by atoms with E-state index >= 15 is 0 Å². The van der Waals surface area contributed by atoms with E-state index in [1.165, 1.54) is 5.56 Å². The van der Waals surface area contributed by atoms with Crippen molar-refractivity contribution < 1.29 is 0 Å².